The average Bonchev–Trinajstić information content (AvgIpc) is 2.43. The molecule has 0 amide bonds. The van der Waals surface area contributed by atoms with Crippen LogP contribution in [0.25, 0.3) is 0 Å². The van der Waals surface area contributed by atoms with Crippen molar-refractivity contribution >= 4 is 11.8 Å². The Morgan fingerprint density at radius 1 is 1.50 bits per heavy atom. The summed E-state index contributed by atoms with van der Waals surface area (Å²) in [5.74, 6) is 0. The summed E-state index contributed by atoms with van der Waals surface area (Å²) in [6.45, 7) is 2.19. The molecule has 1 N–H and O–H groups in total. The fraction of sp³-hybridized carbons (Fsp3) is 1.00. The molecule has 1 aliphatic carbocycles. The van der Waals surface area contributed by atoms with Crippen LogP contribution in [0, 0.1) is 4.91 Å². The van der Waals surface area contributed by atoms with E-state index >= 15 is 0 Å². The van der Waals surface area contributed by atoms with Crippen LogP contribution in [-0.4, -0.2) is 22.7 Å². The molecular formula is C8H14N2OS. The topological polar surface area (TPSA) is 41.5 Å². The van der Waals surface area contributed by atoms with Gasteiger partial charge in [0, 0.05) is 11.3 Å². The van der Waals surface area contributed by atoms with Crippen LogP contribution < -0.4 is 5.32 Å². The summed E-state index contributed by atoms with van der Waals surface area (Å²) in [5.41, 5.74) is 0. The van der Waals surface area contributed by atoms with E-state index in [1.807, 2.05) is 11.8 Å². The van der Waals surface area contributed by atoms with Gasteiger partial charge in [-0.15, -0.1) is 11.8 Å². The molecule has 4 atom stereocenters. The van der Waals surface area contributed by atoms with E-state index in [1.165, 1.54) is 0 Å². The summed E-state index contributed by atoms with van der Waals surface area (Å²) in [5, 5.41) is 7.91. The van der Waals surface area contributed by atoms with Crippen LogP contribution in [0.1, 0.15) is 26.2 Å². The molecule has 0 spiro atoms. The third kappa shape index (κ3) is 1.50. The van der Waals surface area contributed by atoms with Gasteiger partial charge in [-0.05, 0) is 26.2 Å². The number of hydrogen-bond donors (Lipinski definition) is 1. The van der Waals surface area contributed by atoms with E-state index in [0.717, 1.165) is 24.5 Å². The lowest BCUT2D eigenvalue weighted by Gasteiger charge is -2.26. The lowest BCUT2D eigenvalue weighted by molar-refractivity contribution is 0.366. The van der Waals surface area contributed by atoms with Crippen molar-refractivity contribution in [1.29, 1.82) is 0 Å². The van der Waals surface area contributed by atoms with E-state index < -0.39 is 0 Å². The molecule has 1 aliphatic heterocycles. The molecule has 0 bridgehead atoms. The number of rotatable bonds is 1. The summed E-state index contributed by atoms with van der Waals surface area (Å²) < 4.78 is 0. The van der Waals surface area contributed by atoms with Crippen molar-refractivity contribution < 1.29 is 0 Å². The van der Waals surface area contributed by atoms with Crippen molar-refractivity contribution in [1.82, 2.24) is 5.32 Å². The molecule has 1 saturated heterocycles. The molecule has 4 unspecified atom stereocenters. The summed E-state index contributed by atoms with van der Waals surface area (Å²) in [6.07, 6.45) is 3.10. The van der Waals surface area contributed by atoms with Crippen LogP contribution in [0.5, 0.6) is 0 Å². The molecule has 0 radical (unpaired) electrons. The van der Waals surface area contributed by atoms with Gasteiger partial charge in [-0.1, -0.05) is 5.18 Å². The molecular weight excluding hydrogens is 172 g/mol. The van der Waals surface area contributed by atoms with Gasteiger partial charge < -0.3 is 5.32 Å². The summed E-state index contributed by atoms with van der Waals surface area (Å²) >= 11 is 2.01. The third-order valence-corrected chi connectivity index (χ3v) is 4.19. The zero-order chi connectivity index (χ0) is 8.55. The Labute approximate surface area is 76.6 Å². The highest BCUT2D eigenvalue weighted by molar-refractivity contribution is 8.00. The lowest BCUT2D eigenvalue weighted by Crippen LogP contribution is -2.38. The normalized spacial score (nSPS) is 47.1. The fourth-order valence-electron chi connectivity index (χ4n) is 2.16. The van der Waals surface area contributed by atoms with E-state index in [4.69, 9.17) is 0 Å². The maximum absolute atomic E-state index is 10.3. The van der Waals surface area contributed by atoms with Gasteiger partial charge in [0.15, 0.2) is 0 Å². The van der Waals surface area contributed by atoms with E-state index in [2.05, 4.69) is 17.4 Å². The first kappa shape index (κ1) is 8.51. The Hall–Kier alpha value is -0.0900. The van der Waals surface area contributed by atoms with Crippen molar-refractivity contribution in [2.75, 3.05) is 0 Å². The van der Waals surface area contributed by atoms with Gasteiger partial charge in [-0.25, -0.2) is 0 Å². The maximum Gasteiger partial charge on any atom is 0.0935 e. The first-order valence-corrected chi connectivity index (χ1v) is 5.48. The fourth-order valence-corrected chi connectivity index (χ4v) is 3.59. The van der Waals surface area contributed by atoms with Gasteiger partial charge in [0.2, 0.25) is 0 Å². The molecule has 4 heteroatoms. The van der Waals surface area contributed by atoms with Gasteiger partial charge in [-0.2, -0.15) is 4.91 Å². The Morgan fingerprint density at radius 3 is 3.08 bits per heavy atom. The standard InChI is InChI=1S/C8H14N2OS/c1-5-9-7-4-6(10-11)2-3-8(7)12-5/h5-9H,2-4H2,1H3. The molecule has 2 aliphatic rings. The van der Waals surface area contributed by atoms with Crippen molar-refractivity contribution in [3.63, 3.8) is 0 Å². The smallest absolute Gasteiger partial charge is 0.0935 e. The van der Waals surface area contributed by atoms with Crippen LogP contribution in [0.4, 0.5) is 0 Å². The van der Waals surface area contributed by atoms with Crippen molar-refractivity contribution in [2.45, 2.75) is 48.9 Å². The predicted octanol–water partition coefficient (Wildman–Crippen LogP) is 1.72. The zero-order valence-electron chi connectivity index (χ0n) is 7.19. The van der Waals surface area contributed by atoms with E-state index in [0.29, 0.717) is 11.4 Å². The second kappa shape index (κ2) is 3.34. The predicted molar refractivity (Wildman–Crippen MR) is 51.2 cm³/mol. The Balaban J connectivity index is 1.97. The monoisotopic (exact) mass is 186 g/mol. The van der Waals surface area contributed by atoms with E-state index in [-0.39, 0.29) is 6.04 Å². The van der Waals surface area contributed by atoms with Gasteiger partial charge in [0.05, 0.1) is 11.4 Å². The maximum atomic E-state index is 10.3. The highest BCUT2D eigenvalue weighted by atomic mass is 32.2. The van der Waals surface area contributed by atoms with Crippen molar-refractivity contribution in [3.05, 3.63) is 4.91 Å². The zero-order valence-corrected chi connectivity index (χ0v) is 8.01. The van der Waals surface area contributed by atoms with Gasteiger partial charge in [0.1, 0.15) is 0 Å². The van der Waals surface area contributed by atoms with Gasteiger partial charge >= 0.3 is 0 Å². The Morgan fingerprint density at radius 2 is 2.33 bits per heavy atom. The molecule has 0 aromatic carbocycles. The number of hydrogen-bond acceptors (Lipinski definition) is 4. The molecule has 68 valence electrons. The van der Waals surface area contributed by atoms with Crippen molar-refractivity contribution in [2.24, 2.45) is 5.18 Å². The Bertz CT molecular complexity index is 188. The van der Waals surface area contributed by atoms with E-state index in [9.17, 15) is 4.91 Å². The average molecular weight is 186 g/mol. The minimum atomic E-state index is 0.0737. The molecule has 0 aromatic heterocycles. The number of fused-ring (bicyclic) bond motifs is 1. The number of nitrogens with one attached hydrogen (secondary N) is 1. The molecule has 0 aromatic rings. The molecule has 12 heavy (non-hydrogen) atoms. The van der Waals surface area contributed by atoms with Crippen LogP contribution in [0.3, 0.4) is 0 Å². The number of thioether (sulfide) groups is 1. The quantitative estimate of drug-likeness (QED) is 0.634. The van der Waals surface area contributed by atoms with Crippen LogP contribution in [-0.2, 0) is 0 Å². The first-order chi connectivity index (χ1) is 5.79. The molecule has 3 nitrogen and oxygen atoms in total. The van der Waals surface area contributed by atoms with Crippen molar-refractivity contribution in [3.8, 4) is 0 Å². The second-order valence-electron chi connectivity index (χ2n) is 3.66. The van der Waals surface area contributed by atoms with Crippen LogP contribution in [0.15, 0.2) is 5.18 Å². The summed E-state index contributed by atoms with van der Waals surface area (Å²) in [4.78, 5) is 10.3. The van der Waals surface area contributed by atoms with E-state index in [1.54, 1.807) is 0 Å². The molecule has 2 fully saturated rings. The first-order valence-electron chi connectivity index (χ1n) is 4.53. The number of nitroso groups, excluding NO2 is 1. The third-order valence-electron chi connectivity index (χ3n) is 2.74. The highest BCUT2D eigenvalue weighted by Gasteiger charge is 2.37. The van der Waals surface area contributed by atoms with Crippen LogP contribution in [0.2, 0.25) is 0 Å². The summed E-state index contributed by atoms with van der Waals surface area (Å²) in [7, 11) is 0. The number of nitrogens with zero attached hydrogens (tertiary/aromatic N) is 1. The Kier molecular flexibility index (Phi) is 2.37. The molecule has 2 rings (SSSR count). The lowest BCUT2D eigenvalue weighted by atomic mass is 9.91. The summed E-state index contributed by atoms with van der Waals surface area (Å²) in [6, 6.07) is 0.617. The molecule has 1 saturated carbocycles. The van der Waals surface area contributed by atoms with Gasteiger partial charge in [-0.3, -0.25) is 0 Å². The largest absolute Gasteiger partial charge is 0.302 e. The SMILES string of the molecule is CC1NC2CC(N=O)CCC2S1. The van der Waals surface area contributed by atoms with Gasteiger partial charge in [0.25, 0.3) is 0 Å². The highest BCUT2D eigenvalue weighted by Crippen LogP contribution is 2.37. The second-order valence-corrected chi connectivity index (χ2v) is 5.25. The van der Waals surface area contributed by atoms with Crippen LogP contribution >= 0.6 is 11.8 Å². The minimum absolute atomic E-state index is 0.0737. The molecule has 1 heterocycles. The minimum Gasteiger partial charge on any atom is -0.302 e.